The molecule has 1 saturated heterocycles. The molecule has 0 saturated carbocycles. The monoisotopic (exact) mass is 419 g/mol. The third-order valence-corrected chi connectivity index (χ3v) is 5.54. The van der Waals surface area contributed by atoms with Crippen LogP contribution in [0, 0.1) is 10.1 Å². The van der Waals surface area contributed by atoms with Crippen molar-refractivity contribution in [3.63, 3.8) is 0 Å². The molecule has 138 valence electrons. The lowest BCUT2D eigenvalue weighted by Gasteiger charge is -2.17. The van der Waals surface area contributed by atoms with Crippen molar-refractivity contribution in [1.82, 2.24) is 0 Å². The first-order chi connectivity index (χ1) is 12.8. The molecule has 1 aliphatic heterocycles. The fourth-order valence-corrected chi connectivity index (χ4v) is 3.95. The molecule has 2 aromatic rings. The van der Waals surface area contributed by atoms with Gasteiger partial charge >= 0.3 is 0 Å². The molecule has 0 spiro atoms. The van der Waals surface area contributed by atoms with Crippen LogP contribution in [0.4, 0.5) is 17.1 Å². The number of hydrogen-bond acceptors (Lipinski definition) is 6. The SMILES string of the molecule is CN(C)c1ccc(N2C(=O)/C(=C/c3cc([N+](=O)[O-])ccc3Cl)SC2=S)cc1. The summed E-state index contributed by atoms with van der Waals surface area (Å²) in [4.78, 5) is 27.0. The van der Waals surface area contributed by atoms with Gasteiger partial charge in [-0.25, -0.2) is 0 Å². The summed E-state index contributed by atoms with van der Waals surface area (Å²) in [6.45, 7) is 0. The number of anilines is 2. The van der Waals surface area contributed by atoms with Crippen molar-refractivity contribution in [3.8, 4) is 0 Å². The van der Waals surface area contributed by atoms with Gasteiger partial charge in [0.25, 0.3) is 11.6 Å². The van der Waals surface area contributed by atoms with Crippen LogP contribution in [0.2, 0.25) is 5.02 Å². The van der Waals surface area contributed by atoms with E-state index < -0.39 is 4.92 Å². The van der Waals surface area contributed by atoms with Gasteiger partial charge in [-0.1, -0.05) is 35.6 Å². The van der Waals surface area contributed by atoms with E-state index in [-0.39, 0.29) is 11.6 Å². The van der Waals surface area contributed by atoms with E-state index in [2.05, 4.69) is 0 Å². The first-order valence-electron chi connectivity index (χ1n) is 7.77. The summed E-state index contributed by atoms with van der Waals surface area (Å²) in [6, 6.07) is 11.5. The zero-order valence-electron chi connectivity index (χ0n) is 14.4. The third-order valence-electron chi connectivity index (χ3n) is 3.90. The molecule has 0 aromatic heterocycles. The number of benzene rings is 2. The number of carbonyl (C=O) groups excluding carboxylic acids is 1. The van der Waals surface area contributed by atoms with Gasteiger partial charge in [0.15, 0.2) is 4.32 Å². The Bertz CT molecular complexity index is 974. The molecule has 9 heteroatoms. The average molecular weight is 420 g/mol. The highest BCUT2D eigenvalue weighted by Crippen LogP contribution is 2.37. The van der Waals surface area contributed by atoms with Crippen LogP contribution in [0.1, 0.15) is 5.56 Å². The molecule has 27 heavy (non-hydrogen) atoms. The lowest BCUT2D eigenvalue weighted by molar-refractivity contribution is -0.384. The summed E-state index contributed by atoms with van der Waals surface area (Å²) in [5.41, 5.74) is 1.97. The maximum absolute atomic E-state index is 12.8. The summed E-state index contributed by atoms with van der Waals surface area (Å²) in [5.74, 6) is -0.287. The Morgan fingerprint density at radius 2 is 1.89 bits per heavy atom. The van der Waals surface area contributed by atoms with Gasteiger partial charge in [0.2, 0.25) is 0 Å². The molecule has 1 amide bonds. The zero-order chi connectivity index (χ0) is 19.7. The van der Waals surface area contributed by atoms with Gasteiger partial charge in [0.1, 0.15) is 0 Å². The molecule has 1 aliphatic rings. The van der Waals surface area contributed by atoms with Crippen LogP contribution in [-0.2, 0) is 4.79 Å². The van der Waals surface area contributed by atoms with E-state index in [1.165, 1.54) is 29.2 Å². The summed E-state index contributed by atoms with van der Waals surface area (Å²) in [6.07, 6.45) is 1.53. The van der Waals surface area contributed by atoms with Gasteiger partial charge in [0, 0.05) is 42.5 Å². The average Bonchev–Trinajstić information content (AvgIpc) is 2.90. The Hall–Kier alpha value is -2.42. The molecule has 0 atom stereocenters. The Kier molecular flexibility index (Phi) is 5.50. The van der Waals surface area contributed by atoms with Crippen molar-refractivity contribution < 1.29 is 9.72 Å². The quantitative estimate of drug-likeness (QED) is 0.309. The first-order valence-corrected chi connectivity index (χ1v) is 9.37. The number of hydrogen-bond donors (Lipinski definition) is 0. The van der Waals surface area contributed by atoms with Crippen molar-refractivity contribution in [3.05, 3.63) is 68.1 Å². The van der Waals surface area contributed by atoms with Crippen molar-refractivity contribution in [2.24, 2.45) is 0 Å². The van der Waals surface area contributed by atoms with Crippen LogP contribution in [0.25, 0.3) is 6.08 Å². The number of amides is 1. The number of thiocarbonyl (C=S) groups is 1. The molecular formula is C18H14ClN3O3S2. The predicted molar refractivity (Wildman–Crippen MR) is 115 cm³/mol. The standard InChI is InChI=1S/C18H14ClN3O3S2/c1-20(2)12-3-5-13(6-4-12)21-17(23)16(27-18(21)26)10-11-9-14(22(24)25)7-8-15(11)19/h3-10H,1-2H3/b16-10-. The molecule has 0 aliphatic carbocycles. The molecule has 6 nitrogen and oxygen atoms in total. The highest BCUT2D eigenvalue weighted by atomic mass is 35.5. The van der Waals surface area contributed by atoms with Gasteiger partial charge in [-0.3, -0.25) is 19.8 Å². The number of nitro benzene ring substituents is 1. The minimum absolute atomic E-state index is 0.0968. The first kappa shape index (κ1) is 19.3. The molecular weight excluding hydrogens is 406 g/mol. The van der Waals surface area contributed by atoms with Crippen molar-refractivity contribution >= 4 is 68.9 Å². The molecule has 0 unspecified atom stereocenters. The molecule has 0 radical (unpaired) electrons. The van der Waals surface area contributed by atoms with Crippen molar-refractivity contribution in [1.29, 1.82) is 0 Å². The van der Waals surface area contributed by atoms with E-state index in [1.54, 1.807) is 0 Å². The summed E-state index contributed by atoms with van der Waals surface area (Å²) in [7, 11) is 3.86. The largest absolute Gasteiger partial charge is 0.378 e. The number of rotatable bonds is 4. The number of nitrogens with zero attached hydrogens (tertiary/aromatic N) is 3. The van der Waals surface area contributed by atoms with Crippen molar-refractivity contribution in [2.45, 2.75) is 0 Å². The van der Waals surface area contributed by atoms with E-state index in [4.69, 9.17) is 23.8 Å². The molecule has 2 aromatic carbocycles. The van der Waals surface area contributed by atoms with Crippen molar-refractivity contribution in [2.75, 3.05) is 23.9 Å². The fraction of sp³-hybridized carbons (Fsp3) is 0.111. The van der Waals surface area contributed by atoms with Crippen LogP contribution >= 0.6 is 35.6 Å². The third kappa shape index (κ3) is 3.97. The van der Waals surface area contributed by atoms with Gasteiger partial charge in [-0.05, 0) is 36.4 Å². The number of thioether (sulfide) groups is 1. The normalized spacial score (nSPS) is 15.5. The Labute approximate surface area is 170 Å². The fourth-order valence-electron chi connectivity index (χ4n) is 2.49. The van der Waals surface area contributed by atoms with Crippen LogP contribution in [0.5, 0.6) is 0 Å². The van der Waals surface area contributed by atoms with E-state index in [1.807, 2.05) is 43.3 Å². The zero-order valence-corrected chi connectivity index (χ0v) is 16.8. The van der Waals surface area contributed by atoms with E-state index in [9.17, 15) is 14.9 Å². The molecule has 0 N–H and O–H groups in total. The van der Waals surface area contributed by atoms with Gasteiger partial charge in [0.05, 0.1) is 15.5 Å². The van der Waals surface area contributed by atoms with Crippen LogP contribution < -0.4 is 9.80 Å². The molecule has 1 heterocycles. The highest BCUT2D eigenvalue weighted by molar-refractivity contribution is 8.27. The van der Waals surface area contributed by atoms with Crippen LogP contribution in [0.3, 0.4) is 0 Å². The summed E-state index contributed by atoms with van der Waals surface area (Å²) < 4.78 is 0.394. The molecule has 1 fully saturated rings. The second kappa shape index (κ2) is 7.67. The van der Waals surface area contributed by atoms with Gasteiger partial charge < -0.3 is 4.90 Å². The number of halogens is 1. The van der Waals surface area contributed by atoms with E-state index >= 15 is 0 Å². The van der Waals surface area contributed by atoms with Crippen LogP contribution in [-0.4, -0.2) is 29.2 Å². The number of carbonyl (C=O) groups is 1. The lowest BCUT2D eigenvalue weighted by Crippen LogP contribution is -2.27. The Morgan fingerprint density at radius 3 is 2.48 bits per heavy atom. The summed E-state index contributed by atoms with van der Waals surface area (Å²) in [5, 5.41) is 11.3. The van der Waals surface area contributed by atoms with Gasteiger partial charge in [-0.15, -0.1) is 0 Å². The van der Waals surface area contributed by atoms with E-state index in [0.717, 1.165) is 17.4 Å². The molecule has 3 rings (SSSR count). The van der Waals surface area contributed by atoms with Crippen LogP contribution in [0.15, 0.2) is 47.4 Å². The second-order valence-corrected chi connectivity index (χ2v) is 7.97. The minimum atomic E-state index is -0.509. The minimum Gasteiger partial charge on any atom is -0.378 e. The number of nitro groups is 1. The maximum atomic E-state index is 12.8. The molecule has 0 bridgehead atoms. The Morgan fingerprint density at radius 1 is 1.22 bits per heavy atom. The van der Waals surface area contributed by atoms with E-state index in [0.29, 0.717) is 25.5 Å². The van der Waals surface area contributed by atoms with Gasteiger partial charge in [-0.2, -0.15) is 0 Å². The second-order valence-electron chi connectivity index (χ2n) is 5.89. The predicted octanol–water partition coefficient (Wildman–Crippen LogP) is 4.72. The smallest absolute Gasteiger partial charge is 0.270 e. The lowest BCUT2D eigenvalue weighted by atomic mass is 10.2. The highest BCUT2D eigenvalue weighted by Gasteiger charge is 2.33. The topological polar surface area (TPSA) is 66.7 Å². The Balaban J connectivity index is 1.93. The maximum Gasteiger partial charge on any atom is 0.270 e. The summed E-state index contributed by atoms with van der Waals surface area (Å²) >= 11 is 12.6. The number of non-ortho nitro benzene ring substituents is 1.